The maximum Gasteiger partial charge on any atom is 0.240 e. The number of imidazole rings is 1. The van der Waals surface area contributed by atoms with Crippen molar-refractivity contribution in [3.8, 4) is 0 Å². The molecule has 0 spiro atoms. The van der Waals surface area contributed by atoms with Crippen LogP contribution in [0.15, 0.2) is 35.6 Å². The zero-order chi connectivity index (χ0) is 20.6. The Balaban J connectivity index is 1.56. The smallest absolute Gasteiger partial charge is 0.240 e. The van der Waals surface area contributed by atoms with Gasteiger partial charge in [0.2, 0.25) is 11.8 Å². The molecule has 0 atom stereocenters. The molecule has 0 aliphatic heterocycles. The Bertz CT molecular complexity index is 829. The van der Waals surface area contributed by atoms with Gasteiger partial charge in [-0.25, -0.2) is 4.98 Å². The number of benzene rings is 1. The third-order valence-electron chi connectivity index (χ3n) is 5.06. The van der Waals surface area contributed by atoms with Gasteiger partial charge in [-0.1, -0.05) is 43.7 Å². The van der Waals surface area contributed by atoms with Crippen LogP contribution in [0.3, 0.4) is 0 Å². The highest BCUT2D eigenvalue weighted by Crippen LogP contribution is 2.21. The van der Waals surface area contributed by atoms with Gasteiger partial charge in [0, 0.05) is 11.7 Å². The number of aryl methyl sites for hydroxylation is 1. The molecule has 156 valence electrons. The van der Waals surface area contributed by atoms with Crippen molar-refractivity contribution in [3.05, 3.63) is 41.7 Å². The molecule has 0 unspecified atom stereocenters. The highest BCUT2D eigenvalue weighted by Gasteiger charge is 2.19. The van der Waals surface area contributed by atoms with Gasteiger partial charge in [-0.15, -0.1) is 0 Å². The van der Waals surface area contributed by atoms with Gasteiger partial charge in [0.05, 0.1) is 24.3 Å². The topological polar surface area (TPSA) is 96.2 Å². The van der Waals surface area contributed by atoms with Gasteiger partial charge < -0.3 is 20.3 Å². The molecule has 1 aliphatic carbocycles. The predicted octanol–water partition coefficient (Wildman–Crippen LogP) is 2.73. The molecule has 1 fully saturated rings. The molecular formula is C21H28N4O3S. The van der Waals surface area contributed by atoms with E-state index in [0.717, 1.165) is 37.8 Å². The lowest BCUT2D eigenvalue weighted by Gasteiger charge is -2.14. The van der Waals surface area contributed by atoms with Crippen LogP contribution in [0, 0.1) is 0 Å². The highest BCUT2D eigenvalue weighted by molar-refractivity contribution is 7.99. The molecule has 1 aliphatic rings. The van der Waals surface area contributed by atoms with E-state index in [1.807, 2.05) is 24.3 Å². The summed E-state index contributed by atoms with van der Waals surface area (Å²) in [7, 11) is 0. The first-order chi connectivity index (χ1) is 14.1. The van der Waals surface area contributed by atoms with Gasteiger partial charge in [0.25, 0.3) is 0 Å². The molecule has 0 saturated heterocycles. The number of carbonyl (C=O) groups is 2. The Labute approximate surface area is 175 Å². The van der Waals surface area contributed by atoms with E-state index in [4.69, 9.17) is 0 Å². The summed E-state index contributed by atoms with van der Waals surface area (Å²) < 4.78 is 1.68. The van der Waals surface area contributed by atoms with Crippen molar-refractivity contribution in [2.24, 2.45) is 0 Å². The van der Waals surface area contributed by atoms with Crippen LogP contribution in [-0.2, 0) is 29.2 Å². The van der Waals surface area contributed by atoms with Gasteiger partial charge in [0.15, 0.2) is 5.16 Å². The number of thioether (sulfide) groups is 1. The first kappa shape index (κ1) is 21.4. The van der Waals surface area contributed by atoms with Crippen LogP contribution in [0.4, 0.5) is 5.69 Å². The normalized spacial score (nSPS) is 14.1. The number of aromatic nitrogens is 2. The molecule has 7 nitrogen and oxygen atoms in total. The van der Waals surface area contributed by atoms with Crippen LogP contribution >= 0.6 is 11.8 Å². The van der Waals surface area contributed by atoms with Gasteiger partial charge >= 0.3 is 0 Å². The number of amides is 2. The largest absolute Gasteiger partial charge is 0.390 e. The van der Waals surface area contributed by atoms with E-state index in [2.05, 4.69) is 22.5 Å². The molecule has 1 heterocycles. The summed E-state index contributed by atoms with van der Waals surface area (Å²) in [5, 5.41) is 16.0. The second kappa shape index (κ2) is 10.5. The quantitative estimate of drug-likeness (QED) is 0.546. The van der Waals surface area contributed by atoms with Crippen molar-refractivity contribution in [1.29, 1.82) is 0 Å². The number of hydrogen-bond acceptors (Lipinski definition) is 5. The first-order valence-electron chi connectivity index (χ1n) is 10.0. The Hall–Kier alpha value is -2.32. The van der Waals surface area contributed by atoms with Gasteiger partial charge in [0.1, 0.15) is 6.54 Å². The van der Waals surface area contributed by atoms with E-state index >= 15 is 0 Å². The van der Waals surface area contributed by atoms with Gasteiger partial charge in [-0.2, -0.15) is 0 Å². The average Bonchev–Trinajstić information content (AvgIpc) is 3.36. The number of rotatable bonds is 9. The number of aliphatic hydroxyl groups is 1. The fraction of sp³-hybridized carbons (Fsp3) is 0.476. The maximum atomic E-state index is 12.4. The van der Waals surface area contributed by atoms with Crippen molar-refractivity contribution in [2.75, 3.05) is 11.1 Å². The third kappa shape index (κ3) is 6.08. The second-order valence-corrected chi connectivity index (χ2v) is 8.16. The van der Waals surface area contributed by atoms with Gasteiger partial charge in [-0.05, 0) is 37.0 Å². The van der Waals surface area contributed by atoms with Crippen molar-refractivity contribution in [2.45, 2.75) is 63.4 Å². The number of aliphatic hydroxyl groups excluding tert-OH is 1. The molecule has 1 aromatic heterocycles. The lowest BCUT2D eigenvalue weighted by molar-refractivity contribution is -0.122. The van der Waals surface area contributed by atoms with Gasteiger partial charge in [-0.3, -0.25) is 9.59 Å². The number of nitrogens with zero attached hydrogens (tertiary/aromatic N) is 2. The molecule has 0 radical (unpaired) electrons. The molecule has 29 heavy (non-hydrogen) atoms. The van der Waals surface area contributed by atoms with E-state index in [0.29, 0.717) is 10.9 Å². The Morgan fingerprint density at radius 1 is 1.21 bits per heavy atom. The van der Waals surface area contributed by atoms with E-state index in [1.54, 1.807) is 10.8 Å². The minimum absolute atomic E-state index is 0.0908. The summed E-state index contributed by atoms with van der Waals surface area (Å²) in [6, 6.07) is 8.00. The first-order valence-corrected chi connectivity index (χ1v) is 11.0. The monoisotopic (exact) mass is 416 g/mol. The summed E-state index contributed by atoms with van der Waals surface area (Å²) in [5.41, 5.74) is 2.53. The molecule has 1 aromatic carbocycles. The fourth-order valence-corrected chi connectivity index (χ4v) is 4.24. The highest BCUT2D eigenvalue weighted by atomic mass is 32.2. The van der Waals surface area contributed by atoms with Crippen molar-refractivity contribution in [1.82, 2.24) is 14.9 Å². The summed E-state index contributed by atoms with van der Waals surface area (Å²) in [6.45, 7) is 1.97. The minimum atomic E-state index is -0.208. The molecule has 3 rings (SSSR count). The zero-order valence-corrected chi connectivity index (χ0v) is 17.5. The average molecular weight is 417 g/mol. The molecule has 3 N–H and O–H groups in total. The summed E-state index contributed by atoms with van der Waals surface area (Å²) in [4.78, 5) is 29.0. The van der Waals surface area contributed by atoms with Crippen LogP contribution < -0.4 is 10.6 Å². The van der Waals surface area contributed by atoms with Crippen molar-refractivity contribution < 1.29 is 14.7 Å². The molecular weight excluding hydrogens is 388 g/mol. The van der Waals surface area contributed by atoms with Crippen LogP contribution in [-0.4, -0.2) is 38.3 Å². The Morgan fingerprint density at radius 3 is 2.59 bits per heavy atom. The second-order valence-electron chi connectivity index (χ2n) is 7.21. The summed E-state index contributed by atoms with van der Waals surface area (Å²) in [5.74, 6) is -0.0663. The predicted molar refractivity (Wildman–Crippen MR) is 114 cm³/mol. The molecule has 0 bridgehead atoms. The van der Waals surface area contributed by atoms with E-state index in [-0.39, 0.29) is 36.8 Å². The van der Waals surface area contributed by atoms with Crippen LogP contribution in [0.1, 0.15) is 43.9 Å². The Kier molecular flexibility index (Phi) is 7.71. The zero-order valence-electron chi connectivity index (χ0n) is 16.7. The fourth-order valence-electron chi connectivity index (χ4n) is 3.44. The molecule has 2 aromatic rings. The summed E-state index contributed by atoms with van der Waals surface area (Å²) >= 11 is 1.25. The van der Waals surface area contributed by atoms with E-state index < -0.39 is 0 Å². The van der Waals surface area contributed by atoms with Crippen LogP contribution in [0.2, 0.25) is 0 Å². The molecule has 2 amide bonds. The number of nitrogens with one attached hydrogen (secondary N) is 2. The maximum absolute atomic E-state index is 12.4. The number of hydrogen-bond donors (Lipinski definition) is 3. The molecule has 8 heteroatoms. The standard InChI is InChI=1S/C21H28N4O3S/c1-2-15-7-9-17(10-8-15)24-20(28)14-29-21-22-11-18(13-26)25(21)12-19(27)23-16-5-3-4-6-16/h7-11,16,26H,2-6,12-14H2,1H3,(H,23,27)(H,24,28). The lowest BCUT2D eigenvalue weighted by atomic mass is 10.1. The molecule has 1 saturated carbocycles. The number of anilines is 1. The number of carbonyl (C=O) groups excluding carboxylic acids is 2. The van der Waals surface area contributed by atoms with Crippen molar-refractivity contribution in [3.63, 3.8) is 0 Å². The minimum Gasteiger partial charge on any atom is -0.390 e. The van der Waals surface area contributed by atoms with E-state index in [1.165, 1.54) is 17.3 Å². The van der Waals surface area contributed by atoms with Crippen LogP contribution in [0.25, 0.3) is 0 Å². The van der Waals surface area contributed by atoms with Crippen molar-refractivity contribution >= 4 is 29.3 Å². The SMILES string of the molecule is CCc1ccc(NC(=O)CSc2ncc(CO)n2CC(=O)NC2CCCC2)cc1. The Morgan fingerprint density at radius 2 is 1.93 bits per heavy atom. The van der Waals surface area contributed by atoms with E-state index in [9.17, 15) is 14.7 Å². The summed E-state index contributed by atoms with van der Waals surface area (Å²) in [6.07, 6.45) is 6.83. The third-order valence-corrected chi connectivity index (χ3v) is 6.05. The lowest BCUT2D eigenvalue weighted by Crippen LogP contribution is -2.35. The van der Waals surface area contributed by atoms with Crippen LogP contribution in [0.5, 0.6) is 0 Å².